The van der Waals surface area contributed by atoms with Gasteiger partial charge < -0.3 is 80.0 Å². The molecule has 24 heteroatoms. The number of aliphatic hydroxyl groups excluding tert-OH is 3. The van der Waals surface area contributed by atoms with Crippen molar-refractivity contribution in [3.8, 4) is 5.75 Å². The van der Waals surface area contributed by atoms with Crippen molar-refractivity contribution in [3.63, 3.8) is 0 Å². The van der Waals surface area contributed by atoms with Crippen molar-refractivity contribution in [2.45, 2.75) is 146 Å². The quantitative estimate of drug-likeness (QED) is 0.0334. The van der Waals surface area contributed by atoms with Gasteiger partial charge in [-0.25, -0.2) is 4.79 Å². The Balaban J connectivity index is 2.47. The first-order valence-corrected chi connectivity index (χ1v) is 22.9. The van der Waals surface area contributed by atoms with Crippen LogP contribution in [0.1, 0.15) is 77.8 Å². The van der Waals surface area contributed by atoms with Crippen LogP contribution in [0.25, 0.3) is 0 Å². The second-order valence-corrected chi connectivity index (χ2v) is 17.2. The molecule has 2 aromatic carbocycles. The van der Waals surface area contributed by atoms with Crippen LogP contribution in [0.4, 0.5) is 0 Å². The van der Waals surface area contributed by atoms with E-state index in [2.05, 4.69) is 37.2 Å². The number of carbonyl (C=O) groups excluding carboxylic acids is 8. The Bertz CT molecular complexity index is 2080. The zero-order chi connectivity index (χ0) is 52.8. The molecule has 0 heterocycles. The largest absolute Gasteiger partial charge is 0.508 e. The highest BCUT2D eigenvalue weighted by Crippen LogP contribution is 2.15. The summed E-state index contributed by atoms with van der Waals surface area (Å²) >= 11 is 0. The summed E-state index contributed by atoms with van der Waals surface area (Å²) in [6, 6.07) is 1.30. The number of amides is 8. The van der Waals surface area contributed by atoms with Gasteiger partial charge in [0.25, 0.3) is 0 Å². The Hall–Kier alpha value is -6.73. The van der Waals surface area contributed by atoms with Crippen LogP contribution in [0.5, 0.6) is 5.75 Å². The third-order valence-electron chi connectivity index (χ3n) is 11.3. The van der Waals surface area contributed by atoms with Crippen LogP contribution in [0.15, 0.2) is 54.6 Å². The minimum Gasteiger partial charge on any atom is -0.508 e. The number of benzene rings is 2. The SMILES string of the molecule is CC[C@H](C)[C@H](NC(=O)[C@@H](NC(=O)[C@H](Cc1ccc(O)cc1)NC(=O)[C@H](CC(N)=O)NC(=O)[C@@H](NC(=O)[C@@H](N)[C@@H](C)O)[C@@H](C)O)[C@@H](C)O)C(=O)N[C@@H](Cc1ccccc1)C(=O)N[C@@H](CCCCN)C(=O)O. The number of phenols is 1. The second kappa shape index (κ2) is 29.3. The van der Waals surface area contributed by atoms with Crippen LogP contribution in [-0.4, -0.2) is 152 Å². The van der Waals surface area contributed by atoms with E-state index in [1.807, 2.05) is 0 Å². The maximum atomic E-state index is 14.2. The van der Waals surface area contributed by atoms with E-state index in [-0.39, 0.29) is 25.0 Å². The first-order valence-electron chi connectivity index (χ1n) is 22.9. The molecule has 70 heavy (non-hydrogen) atoms. The molecule has 0 saturated carbocycles. The van der Waals surface area contributed by atoms with Crippen molar-refractivity contribution >= 4 is 53.2 Å². The molecule has 0 unspecified atom stereocenters. The molecule has 12 atom stereocenters. The van der Waals surface area contributed by atoms with E-state index in [1.54, 1.807) is 44.2 Å². The molecule has 0 aromatic heterocycles. The Labute approximate surface area is 405 Å². The average molecular weight is 987 g/mol. The third-order valence-corrected chi connectivity index (χ3v) is 11.3. The number of carbonyl (C=O) groups is 9. The number of nitrogens with two attached hydrogens (primary N) is 3. The van der Waals surface area contributed by atoms with Gasteiger partial charge >= 0.3 is 5.97 Å². The molecule has 0 radical (unpaired) electrons. The Morgan fingerprint density at radius 2 is 0.971 bits per heavy atom. The van der Waals surface area contributed by atoms with Gasteiger partial charge in [-0.05, 0) is 75.8 Å². The summed E-state index contributed by atoms with van der Waals surface area (Å²) in [7, 11) is 0. The minimum absolute atomic E-state index is 0.0692. The number of rotatable bonds is 30. The minimum atomic E-state index is -1.84. The van der Waals surface area contributed by atoms with Gasteiger partial charge in [-0.1, -0.05) is 62.7 Å². The van der Waals surface area contributed by atoms with E-state index in [0.29, 0.717) is 36.9 Å². The molecule has 24 nitrogen and oxygen atoms in total. The Morgan fingerprint density at radius 3 is 1.46 bits per heavy atom. The lowest BCUT2D eigenvalue weighted by Gasteiger charge is -2.30. The van der Waals surface area contributed by atoms with Crippen LogP contribution in [0.3, 0.4) is 0 Å². The van der Waals surface area contributed by atoms with Crippen LogP contribution in [0, 0.1) is 5.92 Å². The standard InChI is InChI=1S/C46H70N10O14/c1-6-23(2)36(43(66)52-31(20-27-12-8-7-9-13-27)39(62)50-30(46(69)70)14-10-11-19-47)54-45(68)38(26(5)59)55-41(64)32(21-28-15-17-29(60)18-16-28)51-40(63)33(22-34(48)61)53-44(67)37(25(4)58)56-42(65)35(49)24(3)57/h7-9,12-13,15-18,23-26,30-33,35-38,57-60H,6,10-11,14,19-22,47,49H2,1-5H3,(H2,48,61)(H,50,62)(H,51,63)(H,52,66)(H,53,67)(H,54,68)(H,55,64)(H,56,65)(H,69,70)/t23-,24+,25+,26+,30-,31-,32-,33-,35-,36-,37-,38-/m0/s1. The lowest BCUT2D eigenvalue weighted by atomic mass is 9.96. The van der Waals surface area contributed by atoms with Crippen LogP contribution in [-0.2, 0) is 56.0 Å². The lowest BCUT2D eigenvalue weighted by Crippen LogP contribution is -2.63. The zero-order valence-corrected chi connectivity index (χ0v) is 39.9. The number of hydrogen-bond acceptors (Lipinski definition) is 15. The molecule has 18 N–H and O–H groups in total. The van der Waals surface area contributed by atoms with Gasteiger partial charge in [-0.3, -0.25) is 38.4 Å². The normalized spacial score (nSPS) is 16.3. The van der Waals surface area contributed by atoms with Crippen molar-refractivity contribution in [1.29, 1.82) is 0 Å². The summed E-state index contributed by atoms with van der Waals surface area (Å²) < 4.78 is 0. The summed E-state index contributed by atoms with van der Waals surface area (Å²) in [4.78, 5) is 120. The second-order valence-electron chi connectivity index (χ2n) is 17.2. The highest BCUT2D eigenvalue weighted by molar-refractivity contribution is 5.99. The fourth-order valence-corrected chi connectivity index (χ4v) is 6.84. The Morgan fingerprint density at radius 1 is 0.543 bits per heavy atom. The first-order chi connectivity index (χ1) is 32.9. The number of aliphatic carboxylic acids is 1. The number of nitrogens with one attached hydrogen (secondary N) is 7. The maximum absolute atomic E-state index is 14.2. The highest BCUT2D eigenvalue weighted by atomic mass is 16.4. The number of phenolic OH excluding ortho intramolecular Hbond substituents is 1. The molecular formula is C46H70N10O14. The predicted molar refractivity (Wildman–Crippen MR) is 252 cm³/mol. The van der Waals surface area contributed by atoms with Gasteiger partial charge in [0, 0.05) is 12.8 Å². The molecule has 0 aliphatic carbocycles. The van der Waals surface area contributed by atoms with Crippen molar-refractivity contribution in [1.82, 2.24) is 37.2 Å². The van der Waals surface area contributed by atoms with Gasteiger partial charge in [-0.2, -0.15) is 0 Å². The van der Waals surface area contributed by atoms with E-state index in [0.717, 1.165) is 13.8 Å². The monoisotopic (exact) mass is 987 g/mol. The zero-order valence-electron chi connectivity index (χ0n) is 39.9. The average Bonchev–Trinajstić information content (AvgIpc) is 3.30. The molecule has 0 aliphatic heterocycles. The number of primary amides is 1. The number of aliphatic hydroxyl groups is 3. The number of unbranched alkanes of at least 4 members (excludes halogenated alkanes) is 1. The lowest BCUT2D eigenvalue weighted by molar-refractivity contribution is -0.142. The smallest absolute Gasteiger partial charge is 0.326 e. The number of carboxylic acid groups (broad SMARTS) is 1. The van der Waals surface area contributed by atoms with Crippen molar-refractivity contribution in [2.24, 2.45) is 23.1 Å². The first kappa shape index (κ1) is 59.4. The Kier molecular flexibility index (Phi) is 24.9. The van der Waals surface area contributed by atoms with Crippen molar-refractivity contribution in [2.75, 3.05) is 6.54 Å². The summed E-state index contributed by atoms with van der Waals surface area (Å²) in [5.74, 6) is -10.4. The van der Waals surface area contributed by atoms with Crippen LogP contribution < -0.4 is 54.4 Å². The summed E-state index contributed by atoms with van der Waals surface area (Å²) in [6.07, 6.45) is -4.63. The molecule has 0 fully saturated rings. The van der Waals surface area contributed by atoms with Crippen LogP contribution >= 0.6 is 0 Å². The fraction of sp³-hybridized carbons (Fsp3) is 0.543. The van der Waals surface area contributed by atoms with E-state index in [9.17, 15) is 68.7 Å². The molecular weight excluding hydrogens is 917 g/mol. The predicted octanol–water partition coefficient (Wildman–Crippen LogP) is -3.82. The van der Waals surface area contributed by atoms with Gasteiger partial charge in [0.1, 0.15) is 54.1 Å². The van der Waals surface area contributed by atoms with Crippen molar-refractivity contribution in [3.05, 3.63) is 65.7 Å². The van der Waals surface area contributed by atoms with E-state index < -0.39 is 132 Å². The fourth-order valence-electron chi connectivity index (χ4n) is 6.84. The molecule has 0 spiro atoms. The summed E-state index contributed by atoms with van der Waals surface area (Å²) in [5, 5.41) is 67.5. The molecule has 2 rings (SSSR count). The van der Waals surface area contributed by atoms with Crippen molar-refractivity contribution < 1.29 is 68.7 Å². The molecule has 0 aliphatic rings. The van der Waals surface area contributed by atoms with E-state index in [1.165, 1.54) is 31.2 Å². The summed E-state index contributed by atoms with van der Waals surface area (Å²) in [6.45, 7) is 7.15. The van der Waals surface area contributed by atoms with E-state index >= 15 is 0 Å². The maximum Gasteiger partial charge on any atom is 0.326 e. The van der Waals surface area contributed by atoms with Crippen LogP contribution in [0.2, 0.25) is 0 Å². The number of carboxylic acids is 1. The van der Waals surface area contributed by atoms with Gasteiger partial charge in [0.2, 0.25) is 47.3 Å². The number of aromatic hydroxyl groups is 1. The van der Waals surface area contributed by atoms with Gasteiger partial charge in [-0.15, -0.1) is 0 Å². The van der Waals surface area contributed by atoms with Gasteiger partial charge in [0.15, 0.2) is 0 Å². The molecule has 388 valence electrons. The van der Waals surface area contributed by atoms with Gasteiger partial charge in [0.05, 0.1) is 24.7 Å². The molecule has 0 saturated heterocycles. The molecule has 8 amide bonds. The highest BCUT2D eigenvalue weighted by Gasteiger charge is 2.38. The number of hydrogen-bond donors (Lipinski definition) is 15. The third kappa shape index (κ3) is 19.7. The molecule has 0 bridgehead atoms. The topological polar surface area (TPSA) is 417 Å². The van der Waals surface area contributed by atoms with E-state index in [4.69, 9.17) is 17.2 Å². The summed E-state index contributed by atoms with van der Waals surface area (Å²) in [5.41, 5.74) is 17.6. The molecule has 2 aromatic rings.